The van der Waals surface area contributed by atoms with Crippen molar-refractivity contribution in [2.75, 3.05) is 40.3 Å². The van der Waals surface area contributed by atoms with Gasteiger partial charge in [0.25, 0.3) is 37.4 Å². The number of aromatic nitrogens is 7. The summed E-state index contributed by atoms with van der Waals surface area (Å²) >= 11 is 0. The van der Waals surface area contributed by atoms with Crippen molar-refractivity contribution >= 4 is 65.2 Å². The Kier molecular flexibility index (Phi) is 25.2. The standard InChI is InChI=1S/C23H32N2O4.C18H18N2O5S.C16H17N3O5S.C12H11F3N4O6S/c1-7-16-13-15(3)14-17(8-2)18(16)19-20(26)24-9-11-28-12-10-25(24)21(19)29-22(27)23(4,5)6;1-25-16-5-3-2-4-15(16)18(22)20-26(23,24)14-10-6-12(7-11-14)17(21)19-13-8-9-13;1-9-10(15(20)11-8-17-19(2)16(11)21)4-5-13(25(3,22)23)14(9)12-6-7-24-18-12;1-18-10(24-2)16-19(11(18)21)9(20)17-26(22,23)8-6-4-3-5-7(8)25-12(13,14)15/h13-14H,7-12H2,1-6H3;2-7,10-11,13H,8-9H2,1H3,(H,19,21)(H,20,22);4-5,8,21H,6-7H2,1-3H3;3-6H,1-2H3,(H,17,20). The number of hydrogen-bond donors (Lipinski definition) is 4. The molecule has 0 saturated heterocycles. The smallest absolute Gasteiger partial charge is 0.496 e. The van der Waals surface area contributed by atoms with E-state index in [-0.39, 0.29) is 72.3 Å². The molecule has 37 heteroatoms. The number of amides is 3. The van der Waals surface area contributed by atoms with Crippen molar-refractivity contribution in [3.05, 3.63) is 174 Å². The van der Waals surface area contributed by atoms with Gasteiger partial charge >= 0.3 is 30.1 Å². The maximum absolute atomic E-state index is 13.5. The number of sulfonamides is 2. The Morgan fingerprint density at radius 1 is 0.708 bits per heavy atom. The van der Waals surface area contributed by atoms with Crippen LogP contribution in [0, 0.1) is 19.3 Å². The van der Waals surface area contributed by atoms with Gasteiger partial charge in [-0.05, 0) is 143 Å². The van der Waals surface area contributed by atoms with Crippen LogP contribution in [0.2, 0.25) is 0 Å². The Morgan fingerprint density at radius 3 is 1.86 bits per heavy atom. The van der Waals surface area contributed by atoms with Gasteiger partial charge in [-0.1, -0.05) is 61.0 Å². The SMILES string of the molecule is CCc1cc(C)cc(CC)c1-c1c(OC(=O)C(C)(C)C)n2n(c1=O)CCOCC2.COc1ccccc1C(=O)NS(=O)(=O)c1ccc(C(=O)NC2CC2)cc1.COc1nn(C(=O)NS(=O)(=O)c2ccccc2OC(F)(F)F)c(=O)n1C.Cc1c(C(=O)c2cnn(C)c2O)ccc(S(C)(=O)=O)c1C1=NOCC1. The number of nitrogens with zero attached hydrogens (tertiary/aromatic N) is 8. The Labute approximate surface area is 606 Å². The number of para-hydroxylation sites is 2. The molecule has 0 spiro atoms. The lowest BCUT2D eigenvalue weighted by molar-refractivity contribution is -0.275. The lowest BCUT2D eigenvalue weighted by Gasteiger charge is -2.19. The van der Waals surface area contributed by atoms with Crippen molar-refractivity contribution in [2.24, 2.45) is 24.7 Å². The lowest BCUT2D eigenvalue weighted by Crippen LogP contribution is -2.40. The number of methoxy groups -OCH3 is 2. The second-order valence-electron chi connectivity index (χ2n) is 25.0. The number of carbonyl (C=O) groups excluding carboxylic acids is 5. The maximum Gasteiger partial charge on any atom is 0.573 e. The zero-order valence-electron chi connectivity index (χ0n) is 59.6. The number of alkyl halides is 3. The number of esters is 1. The van der Waals surface area contributed by atoms with E-state index < -0.39 is 75.7 Å². The normalized spacial score (nSPS) is 13.6. The molecular formula is C69H78F3N11O20S3. The third-order valence-electron chi connectivity index (χ3n) is 16.3. The number of ketones is 1. The van der Waals surface area contributed by atoms with E-state index in [1.807, 2.05) is 25.5 Å². The van der Waals surface area contributed by atoms with Gasteiger partial charge in [0.05, 0.1) is 73.2 Å². The monoisotopic (exact) mass is 1530 g/mol. The van der Waals surface area contributed by atoms with Crippen LogP contribution in [0.3, 0.4) is 0 Å². The molecular weight excluding hydrogens is 1460 g/mol. The van der Waals surface area contributed by atoms with E-state index in [0.717, 1.165) is 84.6 Å². The highest BCUT2D eigenvalue weighted by Gasteiger charge is 2.37. The number of rotatable bonds is 18. The van der Waals surface area contributed by atoms with Crippen molar-refractivity contribution in [1.82, 2.24) is 48.3 Å². The summed E-state index contributed by atoms with van der Waals surface area (Å²) in [5.41, 5.74) is 5.10. The zero-order valence-corrected chi connectivity index (χ0v) is 62.1. The second kappa shape index (κ2) is 33.0. The van der Waals surface area contributed by atoms with Gasteiger partial charge in [0.2, 0.25) is 11.8 Å². The summed E-state index contributed by atoms with van der Waals surface area (Å²) in [6, 6.07) is 21.0. The first-order valence-electron chi connectivity index (χ1n) is 32.5. The van der Waals surface area contributed by atoms with Crippen LogP contribution in [0.25, 0.3) is 11.1 Å². The zero-order chi connectivity index (χ0) is 78.1. The Hall–Kier alpha value is -10.9. The van der Waals surface area contributed by atoms with Crippen molar-refractivity contribution in [3.63, 3.8) is 0 Å². The first-order chi connectivity index (χ1) is 49.8. The molecule has 0 bridgehead atoms. The highest BCUT2D eigenvalue weighted by atomic mass is 32.2. The number of halogens is 3. The van der Waals surface area contributed by atoms with E-state index in [4.69, 9.17) is 23.8 Å². The van der Waals surface area contributed by atoms with Gasteiger partial charge < -0.3 is 38.9 Å². The third-order valence-corrected chi connectivity index (χ3v) is 20.1. The molecule has 3 aliphatic rings. The van der Waals surface area contributed by atoms with E-state index in [2.05, 4.69) is 58.3 Å². The van der Waals surface area contributed by atoms with Crippen molar-refractivity contribution in [3.8, 4) is 40.4 Å². The Morgan fingerprint density at radius 2 is 1.32 bits per heavy atom. The van der Waals surface area contributed by atoms with E-state index in [9.17, 15) is 77.1 Å². The van der Waals surface area contributed by atoms with Crippen LogP contribution in [0.15, 0.2) is 133 Å². The first-order valence-corrected chi connectivity index (χ1v) is 37.4. The quantitative estimate of drug-likeness (QED) is 0.0493. The molecule has 106 heavy (non-hydrogen) atoms. The number of sulfone groups is 1. The second-order valence-corrected chi connectivity index (χ2v) is 30.4. The molecule has 0 unspecified atom stereocenters. The predicted molar refractivity (Wildman–Crippen MR) is 376 cm³/mol. The van der Waals surface area contributed by atoms with E-state index in [1.165, 1.54) is 84.8 Å². The predicted octanol–water partition coefficient (Wildman–Crippen LogP) is 7.07. The number of aromatic hydroxyl groups is 1. The molecule has 0 atom stereocenters. The van der Waals surface area contributed by atoms with Crippen LogP contribution in [0.5, 0.6) is 29.3 Å². The molecule has 31 nitrogen and oxygen atoms in total. The number of benzene rings is 5. The summed E-state index contributed by atoms with van der Waals surface area (Å²) in [5.74, 6) is -2.52. The van der Waals surface area contributed by atoms with Crippen molar-refractivity contribution in [2.45, 2.75) is 121 Å². The molecule has 5 heterocycles. The minimum atomic E-state index is -5.15. The summed E-state index contributed by atoms with van der Waals surface area (Å²) < 4.78 is 145. The van der Waals surface area contributed by atoms with E-state index >= 15 is 0 Å². The van der Waals surface area contributed by atoms with Gasteiger partial charge in [0.15, 0.2) is 15.6 Å². The fraction of sp³-hybridized carbons (Fsp3) is 0.362. The van der Waals surface area contributed by atoms with Gasteiger partial charge in [-0.15, -0.1) is 23.0 Å². The molecule has 0 radical (unpaired) electrons. The van der Waals surface area contributed by atoms with Crippen LogP contribution < -0.4 is 45.0 Å². The summed E-state index contributed by atoms with van der Waals surface area (Å²) in [6.45, 7) is 15.6. The largest absolute Gasteiger partial charge is 0.573 e. The van der Waals surface area contributed by atoms with Crippen LogP contribution in [0.4, 0.5) is 18.0 Å². The topological polar surface area (TPSA) is 396 Å². The van der Waals surface area contributed by atoms with E-state index in [0.29, 0.717) is 73.2 Å². The molecule has 3 aromatic heterocycles. The molecule has 4 N–H and O–H groups in total. The number of aryl methyl sites for hydroxylation is 4. The molecule has 8 aromatic rings. The third kappa shape index (κ3) is 18.9. The minimum absolute atomic E-state index is 0.0493. The Bertz CT molecular complexity index is 5180. The average Bonchev–Trinajstić information content (AvgIpc) is 1.57. The number of ether oxygens (including phenoxy) is 5. The fourth-order valence-corrected chi connectivity index (χ4v) is 13.8. The molecule has 1 aliphatic carbocycles. The number of fused-ring (bicyclic) bond motifs is 1. The molecule has 568 valence electrons. The number of hydrogen-bond acceptors (Lipinski definition) is 23. The first kappa shape index (κ1) is 80.8. The highest BCUT2D eigenvalue weighted by Crippen LogP contribution is 2.38. The minimum Gasteiger partial charge on any atom is -0.496 e. The van der Waals surface area contributed by atoms with Gasteiger partial charge in [-0.25, -0.2) is 62.9 Å². The molecule has 5 aromatic carbocycles. The van der Waals surface area contributed by atoms with Crippen molar-refractivity contribution < 1.29 is 96.0 Å². The molecule has 11 rings (SSSR count). The molecule has 3 amide bonds. The summed E-state index contributed by atoms with van der Waals surface area (Å²) in [4.78, 5) is 91.2. The van der Waals surface area contributed by atoms with E-state index in [1.54, 1.807) is 34.5 Å². The maximum atomic E-state index is 13.5. The molecule has 2 aliphatic heterocycles. The summed E-state index contributed by atoms with van der Waals surface area (Å²) in [6.07, 6.45) is 1.21. The van der Waals surface area contributed by atoms with Gasteiger partial charge in [0, 0.05) is 49.5 Å². The average molecular weight is 1530 g/mol. The Balaban J connectivity index is 0.000000179. The fourth-order valence-electron chi connectivity index (χ4n) is 10.8. The number of carbonyl (C=O) groups is 5. The lowest BCUT2D eigenvalue weighted by atomic mass is 9.91. The van der Waals surface area contributed by atoms with Crippen LogP contribution in [0.1, 0.15) is 118 Å². The number of oxime groups is 1. The van der Waals surface area contributed by atoms with Crippen LogP contribution in [-0.4, -0.2) is 152 Å². The van der Waals surface area contributed by atoms with Crippen molar-refractivity contribution in [1.29, 1.82) is 0 Å². The number of nitrogens with one attached hydrogen (secondary N) is 3. The molecule has 1 fully saturated rings. The molecule has 1 saturated carbocycles. The van der Waals surface area contributed by atoms with Gasteiger partial charge in [-0.3, -0.25) is 24.0 Å². The van der Waals surface area contributed by atoms with Crippen LogP contribution in [-0.2, 0) is 84.3 Å². The summed E-state index contributed by atoms with van der Waals surface area (Å²) in [7, 11) is -7.13. The van der Waals surface area contributed by atoms with Crippen LogP contribution >= 0.6 is 0 Å². The highest BCUT2D eigenvalue weighted by molar-refractivity contribution is 7.91. The van der Waals surface area contributed by atoms with Gasteiger partial charge in [-0.2, -0.15) is 5.10 Å². The van der Waals surface area contributed by atoms with Gasteiger partial charge in [0.1, 0.15) is 34.1 Å². The summed E-state index contributed by atoms with van der Waals surface area (Å²) in [5, 5.41) is 24.0.